The highest BCUT2D eigenvalue weighted by Gasteiger charge is 2.06. The fraction of sp³-hybridized carbons (Fsp3) is 0.167. The van der Waals surface area contributed by atoms with Crippen molar-refractivity contribution >= 4 is 29.0 Å². The largest absolute Gasteiger partial charge is 0.325 e. The number of pyridine rings is 1. The molecule has 2 heterocycles. The van der Waals surface area contributed by atoms with Gasteiger partial charge in [-0.25, -0.2) is 4.98 Å². The van der Waals surface area contributed by atoms with Crippen LogP contribution in [0.5, 0.6) is 0 Å². The second-order valence-electron chi connectivity index (χ2n) is 5.43. The van der Waals surface area contributed by atoms with E-state index in [1.807, 2.05) is 37.3 Å². The molecule has 122 valence electrons. The van der Waals surface area contributed by atoms with Gasteiger partial charge in [-0.15, -0.1) is 11.8 Å². The molecule has 2 aromatic heterocycles. The van der Waals surface area contributed by atoms with E-state index in [1.165, 1.54) is 22.2 Å². The Hall–Kier alpha value is -2.60. The molecule has 5 nitrogen and oxygen atoms in total. The molecule has 0 aliphatic rings. The van der Waals surface area contributed by atoms with Crippen LogP contribution in [0.25, 0.3) is 5.65 Å². The number of amides is 1. The summed E-state index contributed by atoms with van der Waals surface area (Å²) in [4.78, 5) is 28.4. The predicted molar refractivity (Wildman–Crippen MR) is 97.4 cm³/mol. The number of carbonyl (C=O) groups is 1. The fourth-order valence-corrected chi connectivity index (χ4v) is 3.06. The molecule has 0 aliphatic carbocycles. The Labute approximate surface area is 143 Å². The number of hydrogen-bond acceptors (Lipinski definition) is 4. The molecule has 0 fully saturated rings. The van der Waals surface area contributed by atoms with Crippen LogP contribution in [0.2, 0.25) is 0 Å². The number of thioether (sulfide) groups is 1. The minimum atomic E-state index is -0.111. The van der Waals surface area contributed by atoms with Crippen LogP contribution in [-0.4, -0.2) is 21.0 Å². The zero-order valence-electron chi connectivity index (χ0n) is 13.2. The minimum absolute atomic E-state index is 0.0666. The summed E-state index contributed by atoms with van der Waals surface area (Å²) in [6.45, 7) is 1.98. The Bertz CT molecular complexity index is 937. The molecule has 0 aliphatic heterocycles. The number of anilines is 1. The summed E-state index contributed by atoms with van der Waals surface area (Å²) in [5, 5.41) is 2.86. The SMILES string of the molecule is Cc1cccc(NC(=O)CSCc2cc(=O)n3ccccc3n2)c1. The average Bonchev–Trinajstić information content (AvgIpc) is 2.55. The van der Waals surface area contributed by atoms with E-state index in [4.69, 9.17) is 0 Å². The van der Waals surface area contributed by atoms with Crippen LogP contribution in [0.1, 0.15) is 11.3 Å². The van der Waals surface area contributed by atoms with Gasteiger partial charge in [0, 0.05) is 23.7 Å². The van der Waals surface area contributed by atoms with Crippen molar-refractivity contribution in [2.24, 2.45) is 0 Å². The highest BCUT2D eigenvalue weighted by atomic mass is 32.2. The fourth-order valence-electron chi connectivity index (χ4n) is 2.35. The van der Waals surface area contributed by atoms with Gasteiger partial charge in [0.1, 0.15) is 5.65 Å². The summed E-state index contributed by atoms with van der Waals surface area (Å²) in [6.07, 6.45) is 1.69. The molecule has 0 spiro atoms. The second-order valence-corrected chi connectivity index (χ2v) is 6.41. The van der Waals surface area contributed by atoms with E-state index in [0.29, 0.717) is 22.8 Å². The maximum absolute atomic E-state index is 12.0. The van der Waals surface area contributed by atoms with E-state index in [9.17, 15) is 9.59 Å². The molecule has 6 heteroatoms. The number of carbonyl (C=O) groups excluding carboxylic acids is 1. The van der Waals surface area contributed by atoms with E-state index >= 15 is 0 Å². The molecular formula is C18H17N3O2S. The lowest BCUT2D eigenvalue weighted by molar-refractivity contribution is -0.113. The van der Waals surface area contributed by atoms with E-state index in [-0.39, 0.29) is 11.5 Å². The monoisotopic (exact) mass is 339 g/mol. The van der Waals surface area contributed by atoms with Crippen molar-refractivity contribution in [3.8, 4) is 0 Å². The molecule has 0 atom stereocenters. The maximum Gasteiger partial charge on any atom is 0.258 e. The molecule has 0 radical (unpaired) electrons. The quantitative estimate of drug-likeness (QED) is 0.776. The summed E-state index contributed by atoms with van der Waals surface area (Å²) in [5.41, 5.74) is 3.08. The number of nitrogens with one attached hydrogen (secondary N) is 1. The highest BCUT2D eigenvalue weighted by molar-refractivity contribution is 7.99. The number of hydrogen-bond donors (Lipinski definition) is 1. The van der Waals surface area contributed by atoms with Crippen LogP contribution in [0.15, 0.2) is 59.5 Å². The van der Waals surface area contributed by atoms with Gasteiger partial charge in [0.05, 0.1) is 11.4 Å². The molecule has 0 unspecified atom stereocenters. The van der Waals surface area contributed by atoms with Gasteiger partial charge in [0.2, 0.25) is 5.91 Å². The van der Waals surface area contributed by atoms with E-state index in [0.717, 1.165) is 11.3 Å². The molecule has 1 amide bonds. The first kappa shape index (κ1) is 16.3. The zero-order valence-corrected chi connectivity index (χ0v) is 14.0. The molecule has 3 aromatic rings. The molecule has 0 saturated heterocycles. The lowest BCUT2D eigenvalue weighted by Crippen LogP contribution is -2.16. The molecule has 3 rings (SSSR count). The van der Waals surface area contributed by atoms with E-state index in [1.54, 1.807) is 18.3 Å². The van der Waals surface area contributed by atoms with E-state index < -0.39 is 0 Å². The van der Waals surface area contributed by atoms with Gasteiger partial charge in [-0.3, -0.25) is 14.0 Å². The Morgan fingerprint density at radius 1 is 1.21 bits per heavy atom. The molecule has 1 aromatic carbocycles. The number of rotatable bonds is 5. The van der Waals surface area contributed by atoms with Crippen LogP contribution in [-0.2, 0) is 10.5 Å². The topological polar surface area (TPSA) is 63.5 Å². The van der Waals surface area contributed by atoms with Crippen molar-refractivity contribution in [1.29, 1.82) is 0 Å². The number of benzene rings is 1. The third-order valence-electron chi connectivity index (χ3n) is 3.41. The summed E-state index contributed by atoms with van der Waals surface area (Å²) >= 11 is 1.43. The summed E-state index contributed by atoms with van der Waals surface area (Å²) in [6, 6.07) is 14.6. The Morgan fingerprint density at radius 3 is 2.92 bits per heavy atom. The van der Waals surface area contributed by atoms with Crippen LogP contribution < -0.4 is 10.9 Å². The summed E-state index contributed by atoms with van der Waals surface area (Å²) < 4.78 is 1.50. The van der Waals surface area contributed by atoms with Gasteiger partial charge in [-0.2, -0.15) is 0 Å². The van der Waals surface area contributed by atoms with Crippen molar-refractivity contribution in [3.05, 3.63) is 76.3 Å². The first-order chi connectivity index (χ1) is 11.6. The average molecular weight is 339 g/mol. The van der Waals surface area contributed by atoms with Crippen molar-refractivity contribution in [3.63, 3.8) is 0 Å². The smallest absolute Gasteiger partial charge is 0.258 e. The number of aromatic nitrogens is 2. The van der Waals surface area contributed by atoms with Gasteiger partial charge in [0.15, 0.2) is 0 Å². The van der Waals surface area contributed by atoms with Gasteiger partial charge in [-0.1, -0.05) is 18.2 Å². The van der Waals surface area contributed by atoms with Crippen LogP contribution in [0, 0.1) is 6.92 Å². The number of fused-ring (bicyclic) bond motifs is 1. The van der Waals surface area contributed by atoms with Gasteiger partial charge in [-0.05, 0) is 36.8 Å². The second kappa shape index (κ2) is 7.31. The van der Waals surface area contributed by atoms with Crippen LogP contribution in [0.4, 0.5) is 5.69 Å². The standard InChI is InChI=1S/C18H17N3O2S/c1-13-5-4-6-14(9-13)20-17(22)12-24-11-15-10-18(23)21-8-3-2-7-16(21)19-15/h2-10H,11-12H2,1H3,(H,20,22). The minimum Gasteiger partial charge on any atom is -0.325 e. The molecule has 0 saturated carbocycles. The maximum atomic E-state index is 12.0. The third-order valence-corrected chi connectivity index (χ3v) is 4.38. The molecule has 1 N–H and O–H groups in total. The highest BCUT2D eigenvalue weighted by Crippen LogP contribution is 2.13. The normalized spacial score (nSPS) is 10.7. The molecule has 24 heavy (non-hydrogen) atoms. The van der Waals surface area contributed by atoms with Gasteiger partial charge >= 0.3 is 0 Å². The predicted octanol–water partition coefficient (Wildman–Crippen LogP) is 2.87. The van der Waals surface area contributed by atoms with Crippen molar-refractivity contribution in [2.45, 2.75) is 12.7 Å². The number of aryl methyl sites for hydroxylation is 1. The van der Waals surface area contributed by atoms with Gasteiger partial charge < -0.3 is 5.32 Å². The van der Waals surface area contributed by atoms with Gasteiger partial charge in [0.25, 0.3) is 5.56 Å². The molecular weight excluding hydrogens is 322 g/mol. The lowest BCUT2D eigenvalue weighted by Gasteiger charge is -2.06. The van der Waals surface area contributed by atoms with E-state index in [2.05, 4.69) is 10.3 Å². The first-order valence-corrected chi connectivity index (χ1v) is 8.69. The van der Waals surface area contributed by atoms with Crippen molar-refractivity contribution in [1.82, 2.24) is 9.38 Å². The third kappa shape index (κ3) is 4.02. The summed E-state index contributed by atoms with van der Waals surface area (Å²) in [7, 11) is 0. The van der Waals surface area contributed by atoms with Crippen LogP contribution >= 0.6 is 11.8 Å². The Balaban J connectivity index is 1.58. The Kier molecular flexibility index (Phi) is 4.96. The Morgan fingerprint density at radius 2 is 2.08 bits per heavy atom. The summed E-state index contributed by atoms with van der Waals surface area (Å²) in [5.74, 6) is 0.758. The van der Waals surface area contributed by atoms with Crippen molar-refractivity contribution in [2.75, 3.05) is 11.1 Å². The van der Waals surface area contributed by atoms with Crippen molar-refractivity contribution < 1.29 is 4.79 Å². The lowest BCUT2D eigenvalue weighted by atomic mass is 10.2. The first-order valence-electron chi connectivity index (χ1n) is 7.53. The van der Waals surface area contributed by atoms with Crippen LogP contribution in [0.3, 0.4) is 0 Å². The number of nitrogens with zero attached hydrogens (tertiary/aromatic N) is 2. The molecule has 0 bridgehead atoms. The zero-order chi connectivity index (χ0) is 16.9.